The van der Waals surface area contributed by atoms with Gasteiger partial charge in [-0.15, -0.1) is 0 Å². The average Bonchev–Trinajstić information content (AvgIpc) is 2.43. The Morgan fingerprint density at radius 3 is 2.30 bits per heavy atom. The van der Waals surface area contributed by atoms with Gasteiger partial charge in [0.15, 0.2) is 0 Å². The summed E-state index contributed by atoms with van der Waals surface area (Å²) < 4.78 is 0. The maximum absolute atomic E-state index is 3.64. The Balaban J connectivity index is 2.58. The normalized spacial score (nSPS) is 14.8. The summed E-state index contributed by atoms with van der Waals surface area (Å²) in [5.41, 5.74) is 1.40. The minimum Gasteiger partial charge on any atom is -0.310 e. The molecule has 114 valence electrons. The molecule has 0 aliphatic heterocycles. The smallest absolute Gasteiger partial charge is 0.0358 e. The van der Waals surface area contributed by atoms with Crippen LogP contribution in [0.5, 0.6) is 0 Å². The van der Waals surface area contributed by atoms with Crippen molar-refractivity contribution in [3.63, 3.8) is 0 Å². The molecule has 0 amide bonds. The Morgan fingerprint density at radius 2 is 1.75 bits per heavy atom. The first-order valence-electron chi connectivity index (χ1n) is 8.01. The van der Waals surface area contributed by atoms with Crippen LogP contribution in [0.15, 0.2) is 30.3 Å². The maximum atomic E-state index is 3.64. The molecule has 0 fully saturated rings. The van der Waals surface area contributed by atoms with E-state index in [1.807, 2.05) is 0 Å². The minimum absolute atomic E-state index is 0.447. The van der Waals surface area contributed by atoms with Crippen molar-refractivity contribution in [3.05, 3.63) is 35.9 Å². The molecule has 0 aliphatic carbocycles. The van der Waals surface area contributed by atoms with Crippen molar-refractivity contribution < 1.29 is 0 Å². The summed E-state index contributed by atoms with van der Waals surface area (Å²) in [6.45, 7) is 12.5. The summed E-state index contributed by atoms with van der Waals surface area (Å²) in [5, 5.41) is 3.64. The van der Waals surface area contributed by atoms with E-state index in [-0.39, 0.29) is 0 Å². The van der Waals surface area contributed by atoms with Crippen LogP contribution in [0.1, 0.15) is 45.7 Å². The molecule has 0 aliphatic rings. The van der Waals surface area contributed by atoms with Gasteiger partial charge in [0.05, 0.1) is 0 Å². The van der Waals surface area contributed by atoms with Crippen LogP contribution < -0.4 is 5.32 Å². The number of hydrogen-bond acceptors (Lipinski definition) is 2. The predicted molar refractivity (Wildman–Crippen MR) is 89.0 cm³/mol. The highest BCUT2D eigenvalue weighted by atomic mass is 15.1. The molecule has 0 radical (unpaired) electrons. The Labute approximate surface area is 125 Å². The fourth-order valence-corrected chi connectivity index (χ4v) is 2.69. The summed E-state index contributed by atoms with van der Waals surface area (Å²) in [6, 6.07) is 11.3. The van der Waals surface area contributed by atoms with Crippen LogP contribution in [-0.4, -0.2) is 31.6 Å². The third kappa shape index (κ3) is 6.06. The second-order valence-corrected chi connectivity index (χ2v) is 6.37. The van der Waals surface area contributed by atoms with Crippen molar-refractivity contribution in [3.8, 4) is 0 Å². The van der Waals surface area contributed by atoms with Gasteiger partial charge in [-0.25, -0.2) is 0 Å². The number of nitrogens with zero attached hydrogens (tertiary/aromatic N) is 1. The summed E-state index contributed by atoms with van der Waals surface area (Å²) >= 11 is 0. The molecular formula is C18H32N2. The molecular weight excluding hydrogens is 244 g/mol. The first kappa shape index (κ1) is 17.2. The molecule has 0 aromatic heterocycles. The molecule has 2 nitrogen and oxygen atoms in total. The quantitative estimate of drug-likeness (QED) is 0.734. The lowest BCUT2D eigenvalue weighted by Crippen LogP contribution is -2.34. The van der Waals surface area contributed by atoms with E-state index in [4.69, 9.17) is 0 Å². The van der Waals surface area contributed by atoms with E-state index in [1.165, 1.54) is 18.5 Å². The largest absolute Gasteiger partial charge is 0.310 e. The molecule has 1 aromatic carbocycles. The van der Waals surface area contributed by atoms with Crippen LogP contribution in [0.2, 0.25) is 0 Å². The van der Waals surface area contributed by atoms with E-state index in [1.54, 1.807) is 0 Å². The van der Waals surface area contributed by atoms with Crippen LogP contribution >= 0.6 is 0 Å². The fourth-order valence-electron chi connectivity index (χ4n) is 2.69. The first-order valence-corrected chi connectivity index (χ1v) is 8.01. The zero-order valence-corrected chi connectivity index (χ0v) is 13.9. The van der Waals surface area contributed by atoms with E-state index in [0.717, 1.165) is 19.0 Å². The lowest BCUT2D eigenvalue weighted by molar-refractivity contribution is 0.238. The molecule has 0 saturated heterocycles. The highest BCUT2D eigenvalue weighted by Crippen LogP contribution is 2.22. The van der Waals surface area contributed by atoms with Gasteiger partial charge in [0.1, 0.15) is 0 Å². The SMILES string of the molecule is CCNC(c1ccccc1)C(C)CN(C)CCC(C)C. The molecule has 1 aromatic rings. The summed E-state index contributed by atoms with van der Waals surface area (Å²) in [6.07, 6.45) is 1.28. The van der Waals surface area contributed by atoms with E-state index >= 15 is 0 Å². The summed E-state index contributed by atoms with van der Waals surface area (Å²) in [4.78, 5) is 2.47. The first-order chi connectivity index (χ1) is 9.54. The zero-order chi connectivity index (χ0) is 15.0. The van der Waals surface area contributed by atoms with E-state index in [9.17, 15) is 0 Å². The summed E-state index contributed by atoms with van der Waals surface area (Å²) in [5.74, 6) is 1.39. The second-order valence-electron chi connectivity index (χ2n) is 6.37. The fraction of sp³-hybridized carbons (Fsp3) is 0.667. The summed E-state index contributed by atoms with van der Waals surface area (Å²) in [7, 11) is 2.24. The molecule has 0 spiro atoms. The highest BCUT2D eigenvalue weighted by Gasteiger charge is 2.19. The minimum atomic E-state index is 0.447. The van der Waals surface area contributed by atoms with E-state index < -0.39 is 0 Å². The molecule has 0 bridgehead atoms. The third-order valence-electron chi connectivity index (χ3n) is 3.84. The van der Waals surface area contributed by atoms with Crippen molar-refractivity contribution in [1.29, 1.82) is 0 Å². The molecule has 2 unspecified atom stereocenters. The van der Waals surface area contributed by atoms with Gasteiger partial charge in [0.2, 0.25) is 0 Å². The van der Waals surface area contributed by atoms with Crippen LogP contribution in [0, 0.1) is 11.8 Å². The van der Waals surface area contributed by atoms with Crippen LogP contribution in [0.4, 0.5) is 0 Å². The standard InChI is InChI=1S/C18H32N2/c1-6-19-18(17-10-8-7-9-11-17)16(4)14-20(5)13-12-15(2)3/h7-11,15-16,18-19H,6,12-14H2,1-5H3. The van der Waals surface area contributed by atoms with Gasteiger partial charge in [-0.2, -0.15) is 0 Å². The number of benzene rings is 1. The Bertz CT molecular complexity index is 348. The monoisotopic (exact) mass is 276 g/mol. The van der Waals surface area contributed by atoms with Crippen LogP contribution in [-0.2, 0) is 0 Å². The Morgan fingerprint density at radius 1 is 1.10 bits per heavy atom. The average molecular weight is 276 g/mol. The zero-order valence-electron chi connectivity index (χ0n) is 13.9. The van der Waals surface area contributed by atoms with Gasteiger partial charge >= 0.3 is 0 Å². The molecule has 2 heteroatoms. The van der Waals surface area contributed by atoms with E-state index in [2.05, 4.69) is 75.3 Å². The Hall–Kier alpha value is -0.860. The topological polar surface area (TPSA) is 15.3 Å². The molecule has 0 heterocycles. The van der Waals surface area contributed by atoms with Crippen molar-refractivity contribution in [2.75, 3.05) is 26.7 Å². The van der Waals surface area contributed by atoms with Crippen molar-refractivity contribution in [2.24, 2.45) is 11.8 Å². The number of nitrogens with one attached hydrogen (secondary N) is 1. The number of rotatable bonds is 9. The predicted octanol–water partition coefficient (Wildman–Crippen LogP) is 3.95. The molecule has 20 heavy (non-hydrogen) atoms. The van der Waals surface area contributed by atoms with Gasteiger partial charge in [-0.05, 0) is 44.0 Å². The number of hydrogen-bond donors (Lipinski definition) is 1. The van der Waals surface area contributed by atoms with Crippen LogP contribution in [0.3, 0.4) is 0 Å². The van der Waals surface area contributed by atoms with Crippen molar-refractivity contribution >= 4 is 0 Å². The lowest BCUT2D eigenvalue weighted by Gasteiger charge is -2.29. The van der Waals surface area contributed by atoms with E-state index in [0.29, 0.717) is 12.0 Å². The van der Waals surface area contributed by atoms with Gasteiger partial charge in [-0.3, -0.25) is 0 Å². The van der Waals surface area contributed by atoms with Crippen molar-refractivity contribution in [2.45, 2.75) is 40.2 Å². The molecule has 2 atom stereocenters. The maximum Gasteiger partial charge on any atom is 0.0358 e. The lowest BCUT2D eigenvalue weighted by atomic mass is 9.94. The van der Waals surface area contributed by atoms with Gasteiger partial charge in [0.25, 0.3) is 0 Å². The van der Waals surface area contributed by atoms with Gasteiger partial charge in [-0.1, -0.05) is 58.0 Å². The van der Waals surface area contributed by atoms with Gasteiger partial charge < -0.3 is 10.2 Å². The highest BCUT2D eigenvalue weighted by molar-refractivity contribution is 5.19. The Kier molecular flexibility index (Phi) is 7.86. The van der Waals surface area contributed by atoms with Gasteiger partial charge in [0, 0.05) is 12.6 Å². The molecule has 0 saturated carbocycles. The van der Waals surface area contributed by atoms with Crippen molar-refractivity contribution in [1.82, 2.24) is 10.2 Å². The third-order valence-corrected chi connectivity index (χ3v) is 3.84. The van der Waals surface area contributed by atoms with Crippen LogP contribution in [0.25, 0.3) is 0 Å². The molecule has 1 rings (SSSR count). The molecule has 1 N–H and O–H groups in total. The second kappa shape index (κ2) is 9.15.